The standard InChI is InChI=1S/C15H9Cl2FN2/c16-13-6-5-11(7-14(13)17)20-9-10(8-19-20)12-3-1-2-4-15(12)18/h1-9H. The van der Waals surface area contributed by atoms with Gasteiger partial charge in [0.2, 0.25) is 0 Å². The van der Waals surface area contributed by atoms with Crippen LogP contribution < -0.4 is 0 Å². The van der Waals surface area contributed by atoms with E-state index in [0.29, 0.717) is 21.2 Å². The van der Waals surface area contributed by atoms with Crippen molar-refractivity contribution < 1.29 is 4.39 Å². The number of hydrogen-bond acceptors (Lipinski definition) is 1. The summed E-state index contributed by atoms with van der Waals surface area (Å²) in [4.78, 5) is 0. The molecule has 0 spiro atoms. The molecule has 20 heavy (non-hydrogen) atoms. The Morgan fingerprint density at radius 2 is 1.80 bits per heavy atom. The van der Waals surface area contributed by atoms with Crippen LogP contribution in [0, 0.1) is 5.82 Å². The van der Waals surface area contributed by atoms with Crippen LogP contribution in [0.25, 0.3) is 16.8 Å². The highest BCUT2D eigenvalue weighted by Crippen LogP contribution is 2.26. The van der Waals surface area contributed by atoms with Crippen LogP contribution in [0.1, 0.15) is 0 Å². The maximum atomic E-state index is 13.7. The van der Waals surface area contributed by atoms with Crippen LogP contribution in [-0.4, -0.2) is 9.78 Å². The molecule has 0 amide bonds. The molecule has 3 rings (SSSR count). The maximum absolute atomic E-state index is 13.7. The number of halogens is 3. The van der Waals surface area contributed by atoms with Gasteiger partial charge in [-0.2, -0.15) is 5.10 Å². The summed E-state index contributed by atoms with van der Waals surface area (Å²) in [5.41, 5.74) is 1.98. The summed E-state index contributed by atoms with van der Waals surface area (Å²) in [7, 11) is 0. The molecule has 100 valence electrons. The smallest absolute Gasteiger partial charge is 0.131 e. The average molecular weight is 307 g/mol. The molecule has 0 saturated heterocycles. The summed E-state index contributed by atoms with van der Waals surface area (Å²) in [5.74, 6) is -0.277. The number of aromatic nitrogens is 2. The van der Waals surface area contributed by atoms with E-state index in [1.165, 1.54) is 6.07 Å². The third-order valence-corrected chi connectivity index (χ3v) is 3.67. The number of rotatable bonds is 2. The predicted molar refractivity (Wildman–Crippen MR) is 79.0 cm³/mol. The second-order valence-electron chi connectivity index (χ2n) is 4.25. The number of hydrogen-bond donors (Lipinski definition) is 0. The van der Waals surface area contributed by atoms with Crippen LogP contribution in [0.3, 0.4) is 0 Å². The van der Waals surface area contributed by atoms with E-state index in [1.807, 2.05) is 0 Å². The lowest BCUT2D eigenvalue weighted by Crippen LogP contribution is -1.93. The maximum Gasteiger partial charge on any atom is 0.131 e. The normalized spacial score (nSPS) is 10.8. The Morgan fingerprint density at radius 3 is 2.55 bits per heavy atom. The first-order chi connectivity index (χ1) is 9.65. The Balaban J connectivity index is 2.02. The monoisotopic (exact) mass is 306 g/mol. The summed E-state index contributed by atoms with van der Waals surface area (Å²) in [6, 6.07) is 11.8. The highest BCUT2D eigenvalue weighted by Gasteiger charge is 2.08. The van der Waals surface area contributed by atoms with Gasteiger partial charge in [-0.05, 0) is 24.3 Å². The zero-order chi connectivity index (χ0) is 14.1. The summed E-state index contributed by atoms with van der Waals surface area (Å²) in [6.45, 7) is 0. The van der Waals surface area contributed by atoms with Gasteiger partial charge in [0.05, 0.1) is 21.9 Å². The summed E-state index contributed by atoms with van der Waals surface area (Å²) in [5, 5.41) is 5.16. The van der Waals surface area contributed by atoms with Crippen molar-refractivity contribution >= 4 is 23.2 Å². The second-order valence-corrected chi connectivity index (χ2v) is 5.07. The Morgan fingerprint density at radius 1 is 1.00 bits per heavy atom. The van der Waals surface area contributed by atoms with Gasteiger partial charge in [0.15, 0.2) is 0 Å². The minimum absolute atomic E-state index is 0.277. The molecule has 1 aromatic heterocycles. The van der Waals surface area contributed by atoms with Gasteiger partial charge in [-0.25, -0.2) is 9.07 Å². The summed E-state index contributed by atoms with van der Waals surface area (Å²) in [6.07, 6.45) is 3.36. The third-order valence-electron chi connectivity index (χ3n) is 2.94. The lowest BCUT2D eigenvalue weighted by Gasteiger charge is -2.03. The van der Waals surface area contributed by atoms with E-state index in [2.05, 4.69) is 5.10 Å². The van der Waals surface area contributed by atoms with Gasteiger partial charge in [0, 0.05) is 17.3 Å². The highest BCUT2D eigenvalue weighted by molar-refractivity contribution is 6.42. The molecule has 0 atom stereocenters. The topological polar surface area (TPSA) is 17.8 Å². The second kappa shape index (κ2) is 5.27. The molecule has 0 saturated carbocycles. The summed E-state index contributed by atoms with van der Waals surface area (Å²) < 4.78 is 15.4. The van der Waals surface area contributed by atoms with Crippen molar-refractivity contribution in [1.82, 2.24) is 9.78 Å². The molecular formula is C15H9Cl2FN2. The fourth-order valence-electron chi connectivity index (χ4n) is 1.93. The molecule has 0 N–H and O–H groups in total. The fourth-order valence-corrected chi connectivity index (χ4v) is 2.22. The molecule has 0 radical (unpaired) electrons. The van der Waals surface area contributed by atoms with Crippen molar-refractivity contribution in [3.05, 3.63) is 70.7 Å². The van der Waals surface area contributed by atoms with E-state index in [1.54, 1.807) is 53.5 Å². The van der Waals surface area contributed by atoms with Gasteiger partial charge in [-0.3, -0.25) is 0 Å². The predicted octanol–water partition coefficient (Wildman–Crippen LogP) is 4.99. The molecule has 0 bridgehead atoms. The van der Waals surface area contributed by atoms with Gasteiger partial charge in [-0.1, -0.05) is 41.4 Å². The first-order valence-corrected chi connectivity index (χ1v) is 6.66. The third kappa shape index (κ3) is 2.42. The van der Waals surface area contributed by atoms with E-state index in [9.17, 15) is 4.39 Å². The van der Waals surface area contributed by atoms with E-state index in [-0.39, 0.29) is 5.82 Å². The van der Waals surface area contributed by atoms with Crippen LogP contribution in [0.15, 0.2) is 54.9 Å². The van der Waals surface area contributed by atoms with Crippen molar-refractivity contribution in [3.63, 3.8) is 0 Å². The van der Waals surface area contributed by atoms with Crippen LogP contribution in [0.4, 0.5) is 4.39 Å². The molecule has 0 aliphatic carbocycles. The molecule has 5 heteroatoms. The molecule has 0 unspecified atom stereocenters. The van der Waals surface area contributed by atoms with Crippen LogP contribution in [0.2, 0.25) is 10.0 Å². The van der Waals surface area contributed by atoms with Crippen molar-refractivity contribution in [1.29, 1.82) is 0 Å². The van der Waals surface area contributed by atoms with Gasteiger partial charge < -0.3 is 0 Å². The van der Waals surface area contributed by atoms with Gasteiger partial charge in [0.25, 0.3) is 0 Å². The zero-order valence-electron chi connectivity index (χ0n) is 10.2. The average Bonchev–Trinajstić information content (AvgIpc) is 2.92. The van der Waals surface area contributed by atoms with Crippen LogP contribution in [0.5, 0.6) is 0 Å². The Bertz CT molecular complexity index is 768. The number of benzene rings is 2. The Labute approximate surface area is 125 Å². The van der Waals surface area contributed by atoms with Gasteiger partial charge in [0.1, 0.15) is 5.82 Å². The lowest BCUT2D eigenvalue weighted by molar-refractivity contribution is 0.631. The van der Waals surface area contributed by atoms with Crippen molar-refractivity contribution in [3.8, 4) is 16.8 Å². The van der Waals surface area contributed by atoms with E-state index in [4.69, 9.17) is 23.2 Å². The summed E-state index contributed by atoms with van der Waals surface area (Å²) >= 11 is 11.9. The molecule has 2 aromatic carbocycles. The van der Waals surface area contributed by atoms with E-state index >= 15 is 0 Å². The van der Waals surface area contributed by atoms with E-state index < -0.39 is 0 Å². The molecule has 2 nitrogen and oxygen atoms in total. The highest BCUT2D eigenvalue weighted by atomic mass is 35.5. The molecular weight excluding hydrogens is 298 g/mol. The Hall–Kier alpha value is -1.84. The fraction of sp³-hybridized carbons (Fsp3) is 0. The zero-order valence-corrected chi connectivity index (χ0v) is 11.7. The minimum atomic E-state index is -0.277. The van der Waals surface area contributed by atoms with Crippen LogP contribution in [-0.2, 0) is 0 Å². The lowest BCUT2D eigenvalue weighted by atomic mass is 10.1. The quantitative estimate of drug-likeness (QED) is 0.652. The molecule has 1 heterocycles. The first kappa shape index (κ1) is 13.2. The first-order valence-electron chi connectivity index (χ1n) is 5.90. The Kier molecular flexibility index (Phi) is 3.47. The van der Waals surface area contributed by atoms with Crippen molar-refractivity contribution in [2.24, 2.45) is 0 Å². The molecule has 0 aliphatic heterocycles. The largest absolute Gasteiger partial charge is 0.240 e. The number of nitrogens with zero attached hydrogens (tertiary/aromatic N) is 2. The molecule has 0 fully saturated rings. The van der Waals surface area contributed by atoms with Gasteiger partial charge >= 0.3 is 0 Å². The SMILES string of the molecule is Fc1ccccc1-c1cnn(-c2ccc(Cl)c(Cl)c2)c1. The molecule has 3 aromatic rings. The van der Waals surface area contributed by atoms with Crippen LogP contribution >= 0.6 is 23.2 Å². The van der Waals surface area contributed by atoms with E-state index in [0.717, 1.165) is 5.69 Å². The van der Waals surface area contributed by atoms with Crippen molar-refractivity contribution in [2.45, 2.75) is 0 Å². The van der Waals surface area contributed by atoms with Gasteiger partial charge in [-0.15, -0.1) is 0 Å². The molecule has 0 aliphatic rings. The van der Waals surface area contributed by atoms with Crippen molar-refractivity contribution in [2.75, 3.05) is 0 Å². The minimum Gasteiger partial charge on any atom is -0.240 e.